The predicted molar refractivity (Wildman–Crippen MR) is 119 cm³/mol. The zero-order chi connectivity index (χ0) is 23.4. The first kappa shape index (κ1) is 24.4. The summed E-state index contributed by atoms with van der Waals surface area (Å²) in [6, 6.07) is 8.59. The van der Waals surface area contributed by atoms with E-state index in [2.05, 4.69) is 38.7 Å². The lowest BCUT2D eigenvalue weighted by Gasteiger charge is -2.14. The van der Waals surface area contributed by atoms with E-state index in [1.807, 2.05) is 19.2 Å². The van der Waals surface area contributed by atoms with E-state index >= 15 is 0 Å². The van der Waals surface area contributed by atoms with Gasteiger partial charge < -0.3 is 9.88 Å². The second kappa shape index (κ2) is 9.54. The van der Waals surface area contributed by atoms with Crippen LogP contribution in [0.3, 0.4) is 0 Å². The van der Waals surface area contributed by atoms with Crippen molar-refractivity contribution in [2.45, 2.75) is 31.7 Å². The zero-order valence-electron chi connectivity index (χ0n) is 17.8. The lowest BCUT2D eigenvalue weighted by atomic mass is 10.2. The first-order valence-corrected chi connectivity index (χ1v) is 12.9. The van der Waals surface area contributed by atoms with Gasteiger partial charge in [0.25, 0.3) is 10.1 Å². The molecule has 12 heteroatoms. The van der Waals surface area contributed by atoms with Crippen molar-refractivity contribution in [3.63, 3.8) is 0 Å². The van der Waals surface area contributed by atoms with Crippen molar-refractivity contribution >= 4 is 31.6 Å². The Balaban J connectivity index is 0.000000614. The molecule has 2 aromatic heterocycles. The molecular formula is C19H25N5O5S2. The molecule has 0 atom stereocenters. The highest BCUT2D eigenvalue weighted by Gasteiger charge is 2.13. The number of nitrogens with one attached hydrogen (secondary N) is 1. The van der Waals surface area contributed by atoms with Crippen molar-refractivity contribution in [1.29, 1.82) is 0 Å². The van der Waals surface area contributed by atoms with Gasteiger partial charge in [-0.05, 0) is 51.1 Å². The molecule has 0 aliphatic carbocycles. The molecule has 3 rings (SSSR count). The van der Waals surface area contributed by atoms with Crippen LogP contribution in [-0.2, 0) is 20.0 Å². The molecule has 168 valence electrons. The Kier molecular flexibility index (Phi) is 7.52. The van der Waals surface area contributed by atoms with Gasteiger partial charge in [-0.3, -0.25) is 4.55 Å². The maximum atomic E-state index is 11.5. The van der Waals surface area contributed by atoms with Crippen LogP contribution in [0, 0.1) is 6.92 Å². The summed E-state index contributed by atoms with van der Waals surface area (Å²) in [6.45, 7) is 6.16. The minimum Gasteiger partial charge on any atom is -0.324 e. The van der Waals surface area contributed by atoms with Crippen LogP contribution in [-0.4, -0.2) is 53.4 Å². The number of sulfone groups is 1. The number of aryl methyl sites for hydroxylation is 1. The Bertz CT molecular complexity index is 1240. The summed E-state index contributed by atoms with van der Waals surface area (Å²) in [5.41, 5.74) is 2.41. The van der Waals surface area contributed by atoms with E-state index in [9.17, 15) is 16.8 Å². The van der Waals surface area contributed by atoms with E-state index in [1.54, 1.807) is 30.5 Å². The van der Waals surface area contributed by atoms with Gasteiger partial charge in [0.1, 0.15) is 5.82 Å². The Morgan fingerprint density at radius 2 is 1.58 bits per heavy atom. The quantitative estimate of drug-likeness (QED) is 0.541. The second-order valence-electron chi connectivity index (χ2n) is 7.07. The molecule has 0 saturated heterocycles. The molecule has 0 amide bonds. The molecule has 0 spiro atoms. The number of hydrogen-bond acceptors (Lipinski definition) is 8. The van der Waals surface area contributed by atoms with Gasteiger partial charge in [-0.2, -0.15) is 8.42 Å². The molecule has 0 aliphatic rings. The molecule has 0 unspecified atom stereocenters. The normalized spacial score (nSPS) is 11.7. The van der Waals surface area contributed by atoms with Gasteiger partial charge in [0.15, 0.2) is 9.84 Å². The monoisotopic (exact) mass is 467 g/mol. The van der Waals surface area contributed by atoms with Gasteiger partial charge in [-0.25, -0.2) is 23.4 Å². The molecule has 2 N–H and O–H groups in total. The summed E-state index contributed by atoms with van der Waals surface area (Å²) in [7, 11) is -6.88. The van der Waals surface area contributed by atoms with E-state index in [-0.39, 0.29) is 10.9 Å². The summed E-state index contributed by atoms with van der Waals surface area (Å²) in [6.07, 6.45) is 5.39. The average Bonchev–Trinajstić information content (AvgIpc) is 3.02. The minimum atomic E-state index is -3.67. The number of anilines is 2. The van der Waals surface area contributed by atoms with Gasteiger partial charge in [0, 0.05) is 24.2 Å². The van der Waals surface area contributed by atoms with Crippen LogP contribution in [0.5, 0.6) is 0 Å². The third-order valence-corrected chi connectivity index (χ3v) is 5.08. The molecule has 31 heavy (non-hydrogen) atoms. The van der Waals surface area contributed by atoms with E-state index in [0.29, 0.717) is 17.9 Å². The topological polar surface area (TPSA) is 144 Å². The SMILES string of the molecule is CS(=O)(=O)O.Cc1ncc(-c2ccnc(Nc3ccc(S(C)(=O)=O)cc3)n2)n1C(C)C. The van der Waals surface area contributed by atoms with Crippen LogP contribution in [0.1, 0.15) is 25.7 Å². The molecule has 2 heterocycles. The van der Waals surface area contributed by atoms with Crippen LogP contribution in [0.25, 0.3) is 11.4 Å². The van der Waals surface area contributed by atoms with Crippen molar-refractivity contribution in [3.8, 4) is 11.4 Å². The van der Waals surface area contributed by atoms with Gasteiger partial charge in [0.05, 0.1) is 28.7 Å². The summed E-state index contributed by atoms with van der Waals surface area (Å²) in [5, 5.41) is 3.10. The third-order valence-electron chi connectivity index (χ3n) is 3.95. The van der Waals surface area contributed by atoms with Crippen LogP contribution in [0.2, 0.25) is 0 Å². The molecule has 0 saturated carbocycles. The van der Waals surface area contributed by atoms with Crippen molar-refractivity contribution in [2.24, 2.45) is 0 Å². The largest absolute Gasteiger partial charge is 0.324 e. The lowest BCUT2D eigenvalue weighted by Crippen LogP contribution is -2.06. The Hall–Kier alpha value is -2.83. The van der Waals surface area contributed by atoms with E-state index in [4.69, 9.17) is 4.55 Å². The fourth-order valence-corrected chi connectivity index (χ4v) is 3.40. The Labute approximate surface area is 182 Å². The summed E-state index contributed by atoms with van der Waals surface area (Å²) in [4.78, 5) is 13.5. The molecular weight excluding hydrogens is 442 g/mol. The number of rotatable bonds is 5. The third kappa shape index (κ3) is 7.42. The summed E-state index contributed by atoms with van der Waals surface area (Å²) < 4.78 is 51.1. The smallest absolute Gasteiger partial charge is 0.261 e. The maximum absolute atomic E-state index is 11.5. The van der Waals surface area contributed by atoms with Crippen molar-refractivity contribution in [2.75, 3.05) is 17.8 Å². The second-order valence-corrected chi connectivity index (χ2v) is 10.6. The van der Waals surface area contributed by atoms with Crippen LogP contribution in [0.15, 0.2) is 47.6 Å². The van der Waals surface area contributed by atoms with Crippen molar-refractivity contribution in [3.05, 3.63) is 48.5 Å². The fraction of sp³-hybridized carbons (Fsp3) is 0.316. The van der Waals surface area contributed by atoms with Crippen molar-refractivity contribution in [1.82, 2.24) is 19.5 Å². The molecule has 0 fully saturated rings. The van der Waals surface area contributed by atoms with E-state index < -0.39 is 20.0 Å². The molecule has 10 nitrogen and oxygen atoms in total. The highest BCUT2D eigenvalue weighted by Crippen LogP contribution is 2.24. The van der Waals surface area contributed by atoms with Gasteiger partial charge >= 0.3 is 0 Å². The van der Waals surface area contributed by atoms with E-state index in [1.165, 1.54) is 6.26 Å². The molecule has 0 radical (unpaired) electrons. The van der Waals surface area contributed by atoms with Gasteiger partial charge in [0.2, 0.25) is 5.95 Å². The lowest BCUT2D eigenvalue weighted by molar-refractivity contribution is 0.490. The highest BCUT2D eigenvalue weighted by atomic mass is 32.2. The minimum absolute atomic E-state index is 0.266. The number of nitrogens with zero attached hydrogens (tertiary/aromatic N) is 4. The fourth-order valence-electron chi connectivity index (χ4n) is 2.77. The standard InChI is InChI=1S/C18H21N5O2S.CH4O3S/c1-12(2)23-13(3)20-11-17(23)16-9-10-19-18(22-16)21-14-5-7-15(8-6-14)26(4,24)25;1-5(2,3)4/h5-12H,1-4H3,(H,19,21,22);1H3,(H,2,3,4). The van der Waals surface area contributed by atoms with E-state index in [0.717, 1.165) is 17.2 Å². The summed E-state index contributed by atoms with van der Waals surface area (Å²) >= 11 is 0. The Morgan fingerprint density at radius 3 is 2.10 bits per heavy atom. The Morgan fingerprint density at radius 1 is 1.00 bits per heavy atom. The van der Waals surface area contributed by atoms with Crippen LogP contribution in [0.4, 0.5) is 11.6 Å². The first-order chi connectivity index (χ1) is 14.3. The van der Waals surface area contributed by atoms with Gasteiger partial charge in [-0.15, -0.1) is 0 Å². The molecule has 0 aliphatic heterocycles. The first-order valence-electron chi connectivity index (χ1n) is 9.12. The molecule has 3 aromatic rings. The van der Waals surface area contributed by atoms with Crippen LogP contribution < -0.4 is 5.32 Å². The molecule has 1 aromatic carbocycles. The van der Waals surface area contributed by atoms with Crippen molar-refractivity contribution < 1.29 is 21.4 Å². The molecule has 0 bridgehead atoms. The predicted octanol–water partition coefficient (Wildman–Crippen LogP) is 2.88. The van der Waals surface area contributed by atoms with Crippen LogP contribution >= 0.6 is 0 Å². The number of aromatic nitrogens is 4. The number of benzene rings is 1. The maximum Gasteiger partial charge on any atom is 0.261 e. The van der Waals surface area contributed by atoms with Gasteiger partial charge in [-0.1, -0.05) is 0 Å². The average molecular weight is 468 g/mol. The zero-order valence-corrected chi connectivity index (χ0v) is 19.4. The number of hydrogen-bond donors (Lipinski definition) is 2. The highest BCUT2D eigenvalue weighted by molar-refractivity contribution is 7.90. The number of imidazole rings is 1. The summed E-state index contributed by atoms with van der Waals surface area (Å²) in [5.74, 6) is 1.36.